The Bertz CT molecular complexity index is 1360. The fourth-order valence-electron chi connectivity index (χ4n) is 3.71. The molecule has 3 aromatic rings. The maximum atomic E-state index is 13.3. The van der Waals surface area contributed by atoms with Crippen molar-refractivity contribution in [3.63, 3.8) is 0 Å². The number of nitro benzene ring substituents is 1. The Morgan fingerprint density at radius 2 is 1.82 bits per heavy atom. The molecule has 0 aliphatic carbocycles. The SMILES string of the molecule is Cc1ccc(S(=O)(=O)N2CCCc3ccc(NC(=O)c4cc([N+](=O)[O-])ccc4Cl)cc32)cc1. The van der Waals surface area contributed by atoms with E-state index in [-0.39, 0.29) is 21.2 Å². The van der Waals surface area contributed by atoms with E-state index in [9.17, 15) is 23.3 Å². The number of fused-ring (bicyclic) bond motifs is 1. The second-order valence-corrected chi connectivity index (χ2v) is 9.98. The fraction of sp³-hybridized carbons (Fsp3) is 0.174. The second-order valence-electron chi connectivity index (χ2n) is 7.71. The summed E-state index contributed by atoms with van der Waals surface area (Å²) in [7, 11) is -3.79. The van der Waals surface area contributed by atoms with Gasteiger partial charge >= 0.3 is 0 Å². The van der Waals surface area contributed by atoms with Crippen molar-refractivity contribution in [3.8, 4) is 0 Å². The van der Waals surface area contributed by atoms with Crippen LogP contribution in [0.15, 0.2) is 65.6 Å². The van der Waals surface area contributed by atoms with E-state index in [0.29, 0.717) is 30.8 Å². The number of nitrogens with one attached hydrogen (secondary N) is 1. The molecule has 0 radical (unpaired) electrons. The number of carbonyl (C=O) groups is 1. The van der Waals surface area contributed by atoms with E-state index < -0.39 is 20.9 Å². The van der Waals surface area contributed by atoms with E-state index in [2.05, 4.69) is 5.32 Å². The molecule has 10 heteroatoms. The summed E-state index contributed by atoms with van der Waals surface area (Å²) >= 11 is 6.07. The van der Waals surface area contributed by atoms with E-state index in [1.165, 1.54) is 16.4 Å². The number of sulfonamides is 1. The minimum atomic E-state index is -3.79. The summed E-state index contributed by atoms with van der Waals surface area (Å²) in [6.07, 6.45) is 1.38. The lowest BCUT2D eigenvalue weighted by Gasteiger charge is -2.31. The minimum absolute atomic E-state index is 0.0484. The third kappa shape index (κ3) is 4.55. The van der Waals surface area contributed by atoms with E-state index in [0.717, 1.165) is 17.2 Å². The molecule has 1 heterocycles. The van der Waals surface area contributed by atoms with Gasteiger partial charge in [0.2, 0.25) is 0 Å². The lowest BCUT2D eigenvalue weighted by atomic mass is 10.0. The van der Waals surface area contributed by atoms with Crippen LogP contribution in [0.25, 0.3) is 0 Å². The quantitative estimate of drug-likeness (QED) is 0.406. The first kappa shape index (κ1) is 22.8. The number of hydrogen-bond donors (Lipinski definition) is 1. The molecule has 3 aromatic carbocycles. The maximum absolute atomic E-state index is 13.3. The molecule has 0 unspecified atom stereocenters. The van der Waals surface area contributed by atoms with E-state index in [1.807, 2.05) is 6.92 Å². The van der Waals surface area contributed by atoms with Crippen LogP contribution in [0.2, 0.25) is 5.02 Å². The molecule has 0 spiro atoms. The van der Waals surface area contributed by atoms with Gasteiger partial charge in [-0.05, 0) is 55.7 Å². The summed E-state index contributed by atoms with van der Waals surface area (Å²) in [6, 6.07) is 15.3. The van der Waals surface area contributed by atoms with Gasteiger partial charge in [0, 0.05) is 24.4 Å². The van der Waals surface area contributed by atoms with Crippen molar-refractivity contribution in [1.29, 1.82) is 0 Å². The Kier molecular flexibility index (Phi) is 6.09. The van der Waals surface area contributed by atoms with E-state index in [4.69, 9.17) is 11.6 Å². The highest BCUT2D eigenvalue weighted by atomic mass is 35.5. The number of halogens is 1. The van der Waals surface area contributed by atoms with Gasteiger partial charge in [0.15, 0.2) is 0 Å². The van der Waals surface area contributed by atoms with Gasteiger partial charge in [-0.15, -0.1) is 0 Å². The number of aryl methyl sites for hydroxylation is 2. The summed E-state index contributed by atoms with van der Waals surface area (Å²) in [5, 5.41) is 13.8. The predicted molar refractivity (Wildman–Crippen MR) is 127 cm³/mol. The number of rotatable bonds is 5. The molecule has 1 amide bonds. The minimum Gasteiger partial charge on any atom is -0.322 e. The lowest BCUT2D eigenvalue weighted by Crippen LogP contribution is -2.35. The van der Waals surface area contributed by atoms with Gasteiger partial charge in [0.25, 0.3) is 21.6 Å². The van der Waals surface area contributed by atoms with Crippen LogP contribution in [0.5, 0.6) is 0 Å². The molecule has 1 aliphatic heterocycles. The Labute approximate surface area is 196 Å². The summed E-state index contributed by atoms with van der Waals surface area (Å²) in [4.78, 5) is 23.4. The van der Waals surface area contributed by atoms with Crippen LogP contribution < -0.4 is 9.62 Å². The maximum Gasteiger partial charge on any atom is 0.270 e. The normalized spacial score (nSPS) is 13.3. The van der Waals surface area contributed by atoms with Crippen molar-refractivity contribution in [2.24, 2.45) is 0 Å². The Morgan fingerprint density at radius 3 is 2.52 bits per heavy atom. The Hall–Kier alpha value is -3.43. The van der Waals surface area contributed by atoms with Crippen LogP contribution in [-0.2, 0) is 16.4 Å². The Balaban J connectivity index is 1.66. The smallest absolute Gasteiger partial charge is 0.270 e. The first-order chi connectivity index (χ1) is 15.7. The standard InChI is InChI=1S/C23H20ClN3O5S/c1-15-4-9-19(10-5-15)33(31,32)26-12-2-3-16-6-7-17(13-22(16)26)25-23(28)20-14-18(27(29)30)8-11-21(20)24/h4-11,13-14H,2-3,12H2,1H3,(H,25,28). The first-order valence-corrected chi connectivity index (χ1v) is 12.0. The summed E-state index contributed by atoms with van der Waals surface area (Å²) < 4.78 is 28.0. The largest absolute Gasteiger partial charge is 0.322 e. The number of amides is 1. The third-order valence-electron chi connectivity index (χ3n) is 5.43. The number of nitrogens with zero attached hydrogens (tertiary/aromatic N) is 2. The molecule has 4 rings (SSSR count). The van der Waals surface area contributed by atoms with Crippen LogP contribution in [0.3, 0.4) is 0 Å². The molecule has 0 fully saturated rings. The van der Waals surface area contributed by atoms with E-state index in [1.54, 1.807) is 42.5 Å². The van der Waals surface area contributed by atoms with Gasteiger partial charge in [-0.1, -0.05) is 35.4 Å². The predicted octanol–water partition coefficient (Wildman–Crippen LogP) is 4.95. The van der Waals surface area contributed by atoms with E-state index >= 15 is 0 Å². The van der Waals surface area contributed by atoms with Crippen molar-refractivity contribution in [2.75, 3.05) is 16.2 Å². The summed E-state index contributed by atoms with van der Waals surface area (Å²) in [6.45, 7) is 2.20. The zero-order chi connectivity index (χ0) is 23.8. The molecule has 8 nitrogen and oxygen atoms in total. The number of anilines is 2. The third-order valence-corrected chi connectivity index (χ3v) is 7.59. The zero-order valence-electron chi connectivity index (χ0n) is 17.6. The molecule has 0 atom stereocenters. The van der Waals surface area contributed by atoms with Crippen molar-refractivity contribution >= 4 is 44.6 Å². The Morgan fingerprint density at radius 1 is 1.09 bits per heavy atom. The number of non-ortho nitro benzene ring substituents is 1. The van der Waals surface area contributed by atoms with Gasteiger partial charge < -0.3 is 5.32 Å². The molecule has 1 N–H and O–H groups in total. The molecule has 170 valence electrons. The monoisotopic (exact) mass is 485 g/mol. The van der Waals surface area contributed by atoms with Crippen LogP contribution in [0.4, 0.5) is 17.1 Å². The van der Waals surface area contributed by atoms with Crippen LogP contribution >= 0.6 is 11.6 Å². The van der Waals surface area contributed by atoms with Gasteiger partial charge in [-0.3, -0.25) is 19.2 Å². The number of nitro groups is 1. The highest BCUT2D eigenvalue weighted by Gasteiger charge is 2.29. The van der Waals surface area contributed by atoms with Crippen LogP contribution in [0, 0.1) is 17.0 Å². The highest BCUT2D eigenvalue weighted by molar-refractivity contribution is 7.92. The van der Waals surface area contributed by atoms with Gasteiger partial charge in [-0.2, -0.15) is 0 Å². The number of carbonyl (C=O) groups excluding carboxylic acids is 1. The molecular formula is C23H20ClN3O5S. The van der Waals surface area contributed by atoms with Crippen molar-refractivity contribution < 1.29 is 18.1 Å². The van der Waals surface area contributed by atoms with Crippen LogP contribution in [0.1, 0.15) is 27.9 Å². The number of hydrogen-bond acceptors (Lipinski definition) is 5. The first-order valence-electron chi connectivity index (χ1n) is 10.1. The number of benzene rings is 3. The molecule has 33 heavy (non-hydrogen) atoms. The van der Waals surface area contributed by atoms with Gasteiger partial charge in [0.05, 0.1) is 26.1 Å². The summed E-state index contributed by atoms with van der Waals surface area (Å²) in [5.74, 6) is -0.632. The summed E-state index contributed by atoms with van der Waals surface area (Å²) in [5.41, 5.74) is 2.34. The van der Waals surface area contributed by atoms with Gasteiger partial charge in [0.1, 0.15) is 0 Å². The molecule has 1 aliphatic rings. The fourth-order valence-corrected chi connectivity index (χ4v) is 5.44. The molecule has 0 aromatic heterocycles. The van der Waals surface area contributed by atoms with Crippen LogP contribution in [-0.4, -0.2) is 25.8 Å². The van der Waals surface area contributed by atoms with Gasteiger partial charge in [-0.25, -0.2) is 8.42 Å². The van der Waals surface area contributed by atoms with Crippen molar-refractivity contribution in [2.45, 2.75) is 24.7 Å². The molecular weight excluding hydrogens is 466 g/mol. The lowest BCUT2D eigenvalue weighted by molar-refractivity contribution is -0.384. The molecule has 0 saturated heterocycles. The zero-order valence-corrected chi connectivity index (χ0v) is 19.2. The topological polar surface area (TPSA) is 110 Å². The molecule has 0 bridgehead atoms. The average Bonchev–Trinajstić information content (AvgIpc) is 2.79. The van der Waals surface area contributed by atoms with Crippen molar-refractivity contribution in [1.82, 2.24) is 0 Å². The second kappa shape index (κ2) is 8.84. The molecule has 0 saturated carbocycles. The highest BCUT2D eigenvalue weighted by Crippen LogP contribution is 2.34. The van der Waals surface area contributed by atoms with Crippen molar-refractivity contribution in [3.05, 3.63) is 92.5 Å². The average molecular weight is 486 g/mol.